The molecule has 0 spiro atoms. The minimum atomic E-state index is -0.588. The lowest BCUT2D eigenvalue weighted by atomic mass is 9.86. The number of benzene rings is 1. The first-order valence-corrected chi connectivity index (χ1v) is 8.75. The Morgan fingerprint density at radius 1 is 1.20 bits per heavy atom. The molecule has 0 aromatic heterocycles. The molecule has 7 heteroatoms. The smallest absolute Gasteiger partial charge is 0.306 e. The van der Waals surface area contributed by atoms with E-state index in [9.17, 15) is 19.7 Å². The van der Waals surface area contributed by atoms with E-state index in [2.05, 4.69) is 5.32 Å². The van der Waals surface area contributed by atoms with Crippen molar-refractivity contribution in [2.24, 2.45) is 5.92 Å². The first-order valence-electron chi connectivity index (χ1n) is 8.75. The van der Waals surface area contributed by atoms with Crippen LogP contribution in [0.4, 0.5) is 11.4 Å². The van der Waals surface area contributed by atoms with Crippen LogP contribution in [0.1, 0.15) is 51.4 Å². The summed E-state index contributed by atoms with van der Waals surface area (Å²) in [4.78, 5) is 33.8. The van der Waals surface area contributed by atoms with Crippen LogP contribution in [0.5, 0.6) is 0 Å². The SMILES string of the molecule is O=C(COC(=O)CCCC1CCCCC1)Nc1ccccc1[N+](=O)[O-]. The van der Waals surface area contributed by atoms with E-state index < -0.39 is 23.4 Å². The van der Waals surface area contributed by atoms with Crippen LogP contribution in [0.25, 0.3) is 0 Å². The Morgan fingerprint density at radius 3 is 2.64 bits per heavy atom. The van der Waals surface area contributed by atoms with Crippen molar-refractivity contribution in [3.63, 3.8) is 0 Å². The molecule has 0 saturated heterocycles. The Balaban J connectivity index is 1.67. The summed E-state index contributed by atoms with van der Waals surface area (Å²) in [6, 6.07) is 5.83. The summed E-state index contributed by atoms with van der Waals surface area (Å²) in [6.07, 6.45) is 8.46. The summed E-state index contributed by atoms with van der Waals surface area (Å²) < 4.78 is 4.94. The number of carbonyl (C=O) groups is 2. The molecule has 0 radical (unpaired) electrons. The van der Waals surface area contributed by atoms with Crippen LogP contribution in [-0.2, 0) is 14.3 Å². The van der Waals surface area contributed by atoms with Gasteiger partial charge in [0.2, 0.25) is 0 Å². The molecule has 0 heterocycles. The molecular weight excluding hydrogens is 324 g/mol. The highest BCUT2D eigenvalue weighted by Gasteiger charge is 2.16. The molecular formula is C18H24N2O5. The molecule has 1 amide bonds. The van der Waals surface area contributed by atoms with Crippen LogP contribution in [-0.4, -0.2) is 23.4 Å². The van der Waals surface area contributed by atoms with Crippen LogP contribution >= 0.6 is 0 Å². The number of ether oxygens (including phenoxy) is 1. The summed E-state index contributed by atoms with van der Waals surface area (Å²) >= 11 is 0. The monoisotopic (exact) mass is 348 g/mol. The van der Waals surface area contributed by atoms with Gasteiger partial charge in [-0.3, -0.25) is 19.7 Å². The van der Waals surface area contributed by atoms with E-state index in [-0.39, 0.29) is 11.4 Å². The first-order chi connectivity index (χ1) is 12.1. The molecule has 0 bridgehead atoms. The lowest BCUT2D eigenvalue weighted by molar-refractivity contribution is -0.383. The van der Waals surface area contributed by atoms with Gasteiger partial charge >= 0.3 is 5.97 Å². The van der Waals surface area contributed by atoms with Gasteiger partial charge in [0, 0.05) is 12.5 Å². The minimum absolute atomic E-state index is 0.0887. The Bertz CT molecular complexity index is 611. The van der Waals surface area contributed by atoms with Crippen molar-refractivity contribution in [3.8, 4) is 0 Å². The van der Waals surface area contributed by atoms with E-state index in [1.807, 2.05) is 0 Å². The molecule has 136 valence electrons. The predicted octanol–water partition coefficient (Wildman–Crippen LogP) is 3.83. The zero-order valence-electron chi connectivity index (χ0n) is 14.2. The van der Waals surface area contributed by atoms with Crippen molar-refractivity contribution in [2.45, 2.75) is 51.4 Å². The molecule has 1 fully saturated rings. The standard InChI is InChI=1S/C18H24N2O5/c21-17(19-15-10-4-5-11-16(15)20(23)24)13-25-18(22)12-6-9-14-7-2-1-3-8-14/h4-5,10-11,14H,1-3,6-9,12-13H2,(H,19,21). The molecule has 0 unspecified atom stereocenters. The average molecular weight is 348 g/mol. The lowest BCUT2D eigenvalue weighted by Gasteiger charge is -2.20. The van der Waals surface area contributed by atoms with Crippen molar-refractivity contribution in [3.05, 3.63) is 34.4 Å². The van der Waals surface area contributed by atoms with Crippen LogP contribution in [0, 0.1) is 16.0 Å². The number of rotatable bonds is 8. The van der Waals surface area contributed by atoms with Crippen LogP contribution in [0.15, 0.2) is 24.3 Å². The van der Waals surface area contributed by atoms with Gasteiger partial charge < -0.3 is 10.1 Å². The molecule has 7 nitrogen and oxygen atoms in total. The van der Waals surface area contributed by atoms with Crippen LogP contribution in [0.3, 0.4) is 0 Å². The fraction of sp³-hybridized carbons (Fsp3) is 0.556. The first kappa shape index (κ1) is 18.9. The van der Waals surface area contributed by atoms with E-state index in [1.54, 1.807) is 6.07 Å². The molecule has 1 aromatic rings. The van der Waals surface area contributed by atoms with E-state index >= 15 is 0 Å². The summed E-state index contributed by atoms with van der Waals surface area (Å²) in [5.74, 6) is -0.285. The highest BCUT2D eigenvalue weighted by atomic mass is 16.6. The Morgan fingerprint density at radius 2 is 1.92 bits per heavy atom. The number of nitrogens with zero attached hydrogens (tertiary/aromatic N) is 1. The highest BCUT2D eigenvalue weighted by Crippen LogP contribution is 2.27. The number of hydrogen-bond donors (Lipinski definition) is 1. The molecule has 1 N–H and O–H groups in total. The van der Waals surface area contributed by atoms with Crippen molar-refractivity contribution in [1.82, 2.24) is 0 Å². The number of anilines is 1. The molecule has 25 heavy (non-hydrogen) atoms. The maximum atomic E-state index is 11.8. The fourth-order valence-corrected chi connectivity index (χ4v) is 3.15. The molecule has 2 rings (SSSR count). The lowest BCUT2D eigenvalue weighted by Crippen LogP contribution is -2.21. The third kappa shape index (κ3) is 6.52. The molecule has 1 saturated carbocycles. The number of carbonyl (C=O) groups excluding carboxylic acids is 2. The number of hydrogen-bond acceptors (Lipinski definition) is 5. The number of nitrogens with one attached hydrogen (secondary N) is 1. The number of amides is 1. The Kier molecular flexibility index (Phi) is 7.37. The van der Waals surface area contributed by atoms with Gasteiger partial charge in [0.25, 0.3) is 11.6 Å². The topological polar surface area (TPSA) is 98.5 Å². The second kappa shape index (κ2) is 9.76. The number of para-hydroxylation sites is 2. The maximum absolute atomic E-state index is 11.8. The number of nitro groups is 1. The van der Waals surface area contributed by atoms with Crippen molar-refractivity contribution < 1.29 is 19.2 Å². The van der Waals surface area contributed by atoms with Crippen molar-refractivity contribution in [2.75, 3.05) is 11.9 Å². The normalized spacial score (nSPS) is 14.7. The average Bonchev–Trinajstić information content (AvgIpc) is 2.61. The van der Waals surface area contributed by atoms with Gasteiger partial charge in [0.05, 0.1) is 4.92 Å². The third-order valence-corrected chi connectivity index (χ3v) is 4.46. The summed E-state index contributed by atoms with van der Waals surface area (Å²) in [7, 11) is 0. The van der Waals surface area contributed by atoms with Gasteiger partial charge in [0.1, 0.15) is 5.69 Å². The molecule has 1 aromatic carbocycles. The predicted molar refractivity (Wildman–Crippen MR) is 93.1 cm³/mol. The van der Waals surface area contributed by atoms with Crippen LogP contribution < -0.4 is 5.32 Å². The molecule has 1 aliphatic carbocycles. The Labute approximate surface area is 146 Å². The largest absolute Gasteiger partial charge is 0.456 e. The van der Waals surface area contributed by atoms with Crippen LogP contribution in [0.2, 0.25) is 0 Å². The van der Waals surface area contributed by atoms with E-state index in [1.165, 1.54) is 50.3 Å². The molecule has 0 aliphatic heterocycles. The number of esters is 1. The third-order valence-electron chi connectivity index (χ3n) is 4.46. The second-order valence-corrected chi connectivity index (χ2v) is 6.38. The molecule has 0 atom stereocenters. The van der Waals surface area contributed by atoms with Gasteiger partial charge in [-0.15, -0.1) is 0 Å². The second-order valence-electron chi connectivity index (χ2n) is 6.38. The van der Waals surface area contributed by atoms with E-state index in [0.29, 0.717) is 12.3 Å². The zero-order chi connectivity index (χ0) is 18.1. The van der Waals surface area contributed by atoms with Gasteiger partial charge in [-0.2, -0.15) is 0 Å². The quantitative estimate of drug-likeness (QED) is 0.437. The zero-order valence-corrected chi connectivity index (χ0v) is 14.2. The summed E-state index contributed by atoms with van der Waals surface area (Å²) in [5, 5.41) is 13.3. The maximum Gasteiger partial charge on any atom is 0.306 e. The Hall–Kier alpha value is -2.44. The minimum Gasteiger partial charge on any atom is -0.456 e. The van der Waals surface area contributed by atoms with Gasteiger partial charge in [-0.25, -0.2) is 0 Å². The van der Waals surface area contributed by atoms with Gasteiger partial charge in [0.15, 0.2) is 6.61 Å². The summed E-state index contributed by atoms with van der Waals surface area (Å²) in [5.41, 5.74) is -0.111. The molecule has 1 aliphatic rings. The number of nitro benzene ring substituents is 1. The van der Waals surface area contributed by atoms with E-state index in [0.717, 1.165) is 12.8 Å². The summed E-state index contributed by atoms with van der Waals surface area (Å²) in [6.45, 7) is -0.436. The van der Waals surface area contributed by atoms with Gasteiger partial charge in [-0.05, 0) is 24.8 Å². The van der Waals surface area contributed by atoms with Crippen molar-refractivity contribution >= 4 is 23.3 Å². The van der Waals surface area contributed by atoms with Crippen molar-refractivity contribution in [1.29, 1.82) is 0 Å². The van der Waals surface area contributed by atoms with Gasteiger partial charge in [-0.1, -0.05) is 44.2 Å². The van der Waals surface area contributed by atoms with E-state index in [4.69, 9.17) is 4.74 Å². The highest BCUT2D eigenvalue weighted by molar-refractivity contribution is 5.94. The fourth-order valence-electron chi connectivity index (χ4n) is 3.15.